The lowest BCUT2D eigenvalue weighted by Gasteiger charge is -2.38. The van der Waals surface area contributed by atoms with Crippen molar-refractivity contribution >= 4 is 18.0 Å². The number of fused-ring (bicyclic) bond motifs is 3. The van der Waals surface area contributed by atoms with Crippen molar-refractivity contribution < 1.29 is 29.3 Å². The van der Waals surface area contributed by atoms with Gasteiger partial charge in [-0.3, -0.25) is 4.79 Å². The van der Waals surface area contributed by atoms with Crippen molar-refractivity contribution in [3.8, 4) is 11.1 Å². The fourth-order valence-corrected chi connectivity index (χ4v) is 5.08. The van der Waals surface area contributed by atoms with E-state index in [0.717, 1.165) is 22.3 Å². The number of amides is 2. The van der Waals surface area contributed by atoms with Crippen LogP contribution in [0.3, 0.4) is 0 Å². The molecule has 186 valence electrons. The molecule has 3 N–H and O–H groups in total. The summed E-state index contributed by atoms with van der Waals surface area (Å²) in [5, 5.41) is 22.4. The maximum atomic E-state index is 13.1. The summed E-state index contributed by atoms with van der Waals surface area (Å²) in [5.74, 6) is -2.33. The SMILES string of the molecule is CC(C)C(CNC(=O)OCC1c2ccccc2-c2ccccc21)C(=O)N1CCCC(O)(C(=O)O)C1. The Morgan fingerprint density at radius 3 is 2.26 bits per heavy atom. The van der Waals surface area contributed by atoms with Crippen molar-refractivity contribution in [3.63, 3.8) is 0 Å². The number of benzene rings is 2. The van der Waals surface area contributed by atoms with Gasteiger partial charge in [-0.25, -0.2) is 9.59 Å². The van der Waals surface area contributed by atoms with E-state index in [4.69, 9.17) is 4.74 Å². The number of β-amino-alcohol motifs (C(OH)–C–C–N with tert-alkyl or cyclic N) is 1. The van der Waals surface area contributed by atoms with Crippen LogP contribution in [0, 0.1) is 11.8 Å². The Kier molecular flexibility index (Phi) is 7.12. The smallest absolute Gasteiger partial charge is 0.407 e. The van der Waals surface area contributed by atoms with E-state index in [1.54, 1.807) is 0 Å². The average molecular weight is 481 g/mol. The number of aliphatic hydroxyl groups is 1. The first kappa shape index (κ1) is 24.7. The third kappa shape index (κ3) is 5.03. The molecule has 4 rings (SSSR count). The first-order valence-corrected chi connectivity index (χ1v) is 12.0. The number of hydrogen-bond donors (Lipinski definition) is 3. The van der Waals surface area contributed by atoms with E-state index in [1.807, 2.05) is 50.2 Å². The number of carboxylic acids is 1. The molecule has 2 unspecified atom stereocenters. The number of ether oxygens (including phenoxy) is 1. The highest BCUT2D eigenvalue weighted by Gasteiger charge is 2.43. The van der Waals surface area contributed by atoms with Crippen LogP contribution in [0.4, 0.5) is 4.79 Å². The molecule has 0 radical (unpaired) electrons. The molecular formula is C27H32N2O6. The van der Waals surface area contributed by atoms with E-state index in [-0.39, 0.29) is 43.9 Å². The van der Waals surface area contributed by atoms with E-state index >= 15 is 0 Å². The molecule has 0 saturated carbocycles. The first-order chi connectivity index (χ1) is 16.7. The molecule has 1 aliphatic heterocycles. The van der Waals surface area contributed by atoms with Gasteiger partial charge in [-0.15, -0.1) is 0 Å². The Balaban J connectivity index is 1.36. The number of nitrogens with zero attached hydrogens (tertiary/aromatic N) is 1. The largest absolute Gasteiger partial charge is 0.479 e. The van der Waals surface area contributed by atoms with Crippen LogP contribution in [-0.4, -0.2) is 64.9 Å². The quantitative estimate of drug-likeness (QED) is 0.560. The van der Waals surface area contributed by atoms with Crippen LogP contribution in [0.15, 0.2) is 48.5 Å². The molecule has 2 aliphatic rings. The van der Waals surface area contributed by atoms with Gasteiger partial charge in [-0.2, -0.15) is 0 Å². The number of carboxylic acid groups (broad SMARTS) is 1. The third-order valence-corrected chi connectivity index (χ3v) is 7.11. The molecule has 8 nitrogen and oxygen atoms in total. The van der Waals surface area contributed by atoms with Crippen LogP contribution in [0.1, 0.15) is 43.7 Å². The topological polar surface area (TPSA) is 116 Å². The van der Waals surface area contributed by atoms with Gasteiger partial charge in [-0.1, -0.05) is 62.4 Å². The lowest BCUT2D eigenvalue weighted by Crippen LogP contribution is -2.56. The fraction of sp³-hybridized carbons (Fsp3) is 0.444. The van der Waals surface area contributed by atoms with E-state index in [2.05, 4.69) is 17.4 Å². The van der Waals surface area contributed by atoms with Gasteiger partial charge in [0.15, 0.2) is 5.60 Å². The van der Waals surface area contributed by atoms with Gasteiger partial charge in [0.2, 0.25) is 5.91 Å². The van der Waals surface area contributed by atoms with Gasteiger partial charge in [0.05, 0.1) is 12.5 Å². The lowest BCUT2D eigenvalue weighted by molar-refractivity contribution is -0.167. The molecule has 2 aromatic carbocycles. The highest BCUT2D eigenvalue weighted by atomic mass is 16.5. The highest BCUT2D eigenvalue weighted by Crippen LogP contribution is 2.44. The van der Waals surface area contributed by atoms with Crippen LogP contribution in [0.25, 0.3) is 11.1 Å². The summed E-state index contributed by atoms with van der Waals surface area (Å²) in [5.41, 5.74) is 2.59. The molecule has 1 saturated heterocycles. The van der Waals surface area contributed by atoms with Crippen molar-refractivity contribution in [2.45, 2.75) is 38.2 Å². The zero-order chi connectivity index (χ0) is 25.2. The van der Waals surface area contributed by atoms with Crippen molar-refractivity contribution in [2.75, 3.05) is 26.2 Å². The Hall–Kier alpha value is -3.39. The first-order valence-electron chi connectivity index (χ1n) is 12.0. The van der Waals surface area contributed by atoms with Crippen LogP contribution >= 0.6 is 0 Å². The highest BCUT2D eigenvalue weighted by molar-refractivity contribution is 5.83. The minimum atomic E-state index is -1.93. The number of alkyl carbamates (subject to hydrolysis) is 1. The summed E-state index contributed by atoms with van der Waals surface area (Å²) >= 11 is 0. The van der Waals surface area contributed by atoms with E-state index in [9.17, 15) is 24.6 Å². The molecule has 1 aliphatic carbocycles. The zero-order valence-corrected chi connectivity index (χ0v) is 20.1. The lowest BCUT2D eigenvalue weighted by atomic mass is 9.89. The number of aliphatic carboxylic acids is 1. The third-order valence-electron chi connectivity index (χ3n) is 7.11. The van der Waals surface area contributed by atoms with E-state index < -0.39 is 23.6 Å². The van der Waals surface area contributed by atoms with Crippen LogP contribution < -0.4 is 5.32 Å². The average Bonchev–Trinajstić information content (AvgIpc) is 3.16. The van der Waals surface area contributed by atoms with Gasteiger partial charge in [0.1, 0.15) is 6.61 Å². The summed E-state index contributed by atoms with van der Waals surface area (Å²) in [6.07, 6.45) is -0.0960. The Labute approximate surface area is 204 Å². The van der Waals surface area contributed by atoms with Gasteiger partial charge in [0, 0.05) is 19.0 Å². The number of rotatable bonds is 7. The molecule has 1 fully saturated rings. The molecule has 0 spiro atoms. The summed E-state index contributed by atoms with van der Waals surface area (Å²) < 4.78 is 5.57. The number of piperidine rings is 1. The number of hydrogen-bond acceptors (Lipinski definition) is 5. The summed E-state index contributed by atoms with van der Waals surface area (Å²) in [7, 11) is 0. The summed E-state index contributed by atoms with van der Waals surface area (Å²) in [6, 6.07) is 16.2. The molecule has 8 heteroatoms. The van der Waals surface area contributed by atoms with Gasteiger partial charge >= 0.3 is 12.1 Å². The van der Waals surface area contributed by atoms with Gasteiger partial charge in [0.25, 0.3) is 0 Å². The predicted molar refractivity (Wildman–Crippen MR) is 130 cm³/mol. The van der Waals surface area contributed by atoms with E-state index in [1.165, 1.54) is 4.90 Å². The molecule has 0 aromatic heterocycles. The minimum absolute atomic E-state index is 0.0577. The van der Waals surface area contributed by atoms with Gasteiger partial charge in [-0.05, 0) is 41.0 Å². The second-order valence-electron chi connectivity index (χ2n) is 9.76. The second kappa shape index (κ2) is 10.1. The van der Waals surface area contributed by atoms with Crippen LogP contribution in [0.2, 0.25) is 0 Å². The maximum Gasteiger partial charge on any atom is 0.407 e. The monoisotopic (exact) mass is 480 g/mol. The zero-order valence-electron chi connectivity index (χ0n) is 20.1. The number of nitrogens with one attached hydrogen (secondary N) is 1. The second-order valence-corrected chi connectivity index (χ2v) is 9.76. The van der Waals surface area contributed by atoms with Crippen LogP contribution in [0.5, 0.6) is 0 Å². The number of likely N-dealkylation sites (tertiary alicyclic amines) is 1. The predicted octanol–water partition coefficient (Wildman–Crippen LogP) is 3.24. The van der Waals surface area contributed by atoms with Crippen LogP contribution in [-0.2, 0) is 14.3 Å². The summed E-state index contributed by atoms with van der Waals surface area (Å²) in [6.45, 7) is 4.11. The van der Waals surface area contributed by atoms with E-state index in [0.29, 0.717) is 13.0 Å². The fourth-order valence-electron chi connectivity index (χ4n) is 5.08. The minimum Gasteiger partial charge on any atom is -0.479 e. The number of carbonyl (C=O) groups excluding carboxylic acids is 2. The number of carbonyl (C=O) groups is 3. The van der Waals surface area contributed by atoms with Crippen molar-refractivity contribution in [1.29, 1.82) is 0 Å². The molecule has 2 aromatic rings. The van der Waals surface area contributed by atoms with Crippen molar-refractivity contribution in [3.05, 3.63) is 59.7 Å². The standard InChI is InChI=1S/C27H32N2O6/c1-17(2)22(24(30)29-13-7-12-27(34,16-29)25(31)32)14-28-26(33)35-15-23-20-10-5-3-8-18(20)19-9-4-6-11-21(19)23/h3-6,8-11,17,22-23,34H,7,12-16H2,1-2H3,(H,28,33)(H,31,32). The van der Waals surface area contributed by atoms with Crippen molar-refractivity contribution in [1.82, 2.24) is 10.2 Å². The Morgan fingerprint density at radius 1 is 1.09 bits per heavy atom. The molecule has 35 heavy (non-hydrogen) atoms. The normalized spacial score (nSPS) is 20.2. The van der Waals surface area contributed by atoms with Crippen molar-refractivity contribution in [2.24, 2.45) is 11.8 Å². The summed E-state index contributed by atoms with van der Waals surface area (Å²) in [4.78, 5) is 38.5. The molecular weight excluding hydrogens is 448 g/mol. The van der Waals surface area contributed by atoms with Gasteiger partial charge < -0.3 is 25.2 Å². The maximum absolute atomic E-state index is 13.1. The Bertz CT molecular complexity index is 1070. The Morgan fingerprint density at radius 2 is 1.69 bits per heavy atom. The molecule has 0 bridgehead atoms. The molecule has 2 atom stereocenters. The molecule has 1 heterocycles. The molecule has 2 amide bonds.